The van der Waals surface area contributed by atoms with E-state index in [1.165, 1.54) is 7.11 Å². The fourth-order valence-corrected chi connectivity index (χ4v) is 1.71. The van der Waals surface area contributed by atoms with Gasteiger partial charge in [0.1, 0.15) is 11.5 Å². The summed E-state index contributed by atoms with van der Waals surface area (Å²) in [5, 5.41) is 3.25. The third kappa shape index (κ3) is 7.22. The zero-order valence-electron chi connectivity index (χ0n) is 12.6. The molecule has 0 bridgehead atoms. The van der Waals surface area contributed by atoms with E-state index in [1.54, 1.807) is 12.1 Å². The first-order chi connectivity index (χ1) is 9.81. The SMILES string of the molecule is COc1ccc(CNC(C)C)c(OCCCC(F)(F)F)c1. The first kappa shape index (κ1) is 17.6. The van der Waals surface area contributed by atoms with Crippen LogP contribution in [0.4, 0.5) is 13.2 Å². The van der Waals surface area contributed by atoms with Gasteiger partial charge in [-0.05, 0) is 12.5 Å². The maximum Gasteiger partial charge on any atom is 0.389 e. The number of rotatable bonds is 8. The van der Waals surface area contributed by atoms with Crippen LogP contribution < -0.4 is 14.8 Å². The lowest BCUT2D eigenvalue weighted by Crippen LogP contribution is -2.22. The third-order valence-electron chi connectivity index (χ3n) is 2.84. The second-order valence-electron chi connectivity index (χ2n) is 5.08. The number of hydrogen-bond donors (Lipinski definition) is 1. The summed E-state index contributed by atoms with van der Waals surface area (Å²) >= 11 is 0. The van der Waals surface area contributed by atoms with E-state index in [2.05, 4.69) is 5.32 Å². The van der Waals surface area contributed by atoms with Crippen molar-refractivity contribution in [2.45, 2.75) is 45.5 Å². The van der Waals surface area contributed by atoms with Crippen molar-refractivity contribution in [3.63, 3.8) is 0 Å². The normalized spacial score (nSPS) is 11.8. The molecular weight excluding hydrogens is 283 g/mol. The van der Waals surface area contributed by atoms with Crippen molar-refractivity contribution in [1.29, 1.82) is 0 Å². The van der Waals surface area contributed by atoms with Crippen LogP contribution in [-0.4, -0.2) is 25.9 Å². The van der Waals surface area contributed by atoms with E-state index in [9.17, 15) is 13.2 Å². The number of methoxy groups -OCH3 is 1. The summed E-state index contributed by atoms with van der Waals surface area (Å²) in [6.45, 7) is 4.67. The lowest BCUT2D eigenvalue weighted by atomic mass is 10.1. The molecule has 1 aromatic rings. The van der Waals surface area contributed by atoms with Crippen LogP contribution in [0.15, 0.2) is 18.2 Å². The van der Waals surface area contributed by atoms with Crippen molar-refractivity contribution in [3.8, 4) is 11.5 Å². The highest BCUT2D eigenvalue weighted by Gasteiger charge is 2.26. The van der Waals surface area contributed by atoms with Crippen LogP contribution in [-0.2, 0) is 6.54 Å². The Kier molecular flexibility index (Phi) is 6.81. The Bertz CT molecular complexity index is 433. The highest BCUT2D eigenvalue weighted by atomic mass is 19.4. The van der Waals surface area contributed by atoms with Crippen LogP contribution in [0.2, 0.25) is 0 Å². The van der Waals surface area contributed by atoms with Crippen LogP contribution in [0, 0.1) is 0 Å². The standard InChI is InChI=1S/C15H22F3NO2/c1-11(2)19-10-12-5-6-13(20-3)9-14(12)21-8-4-7-15(16,17)18/h5-6,9,11,19H,4,7-8,10H2,1-3H3. The van der Waals surface area contributed by atoms with Crippen molar-refractivity contribution in [2.75, 3.05) is 13.7 Å². The molecule has 0 aliphatic heterocycles. The zero-order chi connectivity index (χ0) is 15.9. The summed E-state index contributed by atoms with van der Waals surface area (Å²) < 4.78 is 46.9. The first-order valence-corrected chi connectivity index (χ1v) is 6.91. The summed E-state index contributed by atoms with van der Waals surface area (Å²) in [5.41, 5.74) is 0.900. The van der Waals surface area contributed by atoms with E-state index in [4.69, 9.17) is 9.47 Å². The molecule has 3 nitrogen and oxygen atoms in total. The summed E-state index contributed by atoms with van der Waals surface area (Å²) in [7, 11) is 1.54. The van der Waals surface area contributed by atoms with E-state index in [0.717, 1.165) is 5.56 Å². The van der Waals surface area contributed by atoms with E-state index in [0.29, 0.717) is 24.1 Å². The molecule has 0 saturated carbocycles. The minimum atomic E-state index is -4.14. The molecule has 0 heterocycles. The minimum Gasteiger partial charge on any atom is -0.497 e. The molecule has 120 valence electrons. The average molecular weight is 305 g/mol. The fourth-order valence-electron chi connectivity index (χ4n) is 1.71. The number of nitrogens with one attached hydrogen (secondary N) is 1. The zero-order valence-corrected chi connectivity index (χ0v) is 12.6. The Labute approximate surface area is 123 Å². The van der Waals surface area contributed by atoms with E-state index >= 15 is 0 Å². The lowest BCUT2D eigenvalue weighted by molar-refractivity contribution is -0.136. The molecule has 0 spiro atoms. The molecular formula is C15H22F3NO2. The monoisotopic (exact) mass is 305 g/mol. The largest absolute Gasteiger partial charge is 0.497 e. The number of ether oxygens (including phenoxy) is 2. The summed E-state index contributed by atoms with van der Waals surface area (Å²) in [5.74, 6) is 1.18. The van der Waals surface area contributed by atoms with Gasteiger partial charge < -0.3 is 14.8 Å². The highest BCUT2D eigenvalue weighted by molar-refractivity contribution is 5.40. The second kappa shape index (κ2) is 8.12. The Morgan fingerprint density at radius 3 is 2.52 bits per heavy atom. The molecule has 1 aromatic carbocycles. The Morgan fingerprint density at radius 2 is 1.95 bits per heavy atom. The molecule has 21 heavy (non-hydrogen) atoms. The quantitative estimate of drug-likeness (QED) is 0.739. The van der Waals surface area contributed by atoms with Crippen LogP contribution in [0.1, 0.15) is 32.3 Å². The first-order valence-electron chi connectivity index (χ1n) is 6.91. The van der Waals surface area contributed by atoms with Gasteiger partial charge in [-0.15, -0.1) is 0 Å². The molecule has 0 atom stereocenters. The van der Waals surface area contributed by atoms with Crippen molar-refractivity contribution < 1.29 is 22.6 Å². The Hall–Kier alpha value is -1.43. The number of alkyl halides is 3. The summed E-state index contributed by atoms with van der Waals surface area (Å²) in [6, 6.07) is 5.67. The van der Waals surface area contributed by atoms with Gasteiger partial charge in [-0.25, -0.2) is 0 Å². The molecule has 0 radical (unpaired) electrons. The molecule has 0 aromatic heterocycles. The summed E-state index contributed by atoms with van der Waals surface area (Å²) in [6.07, 6.45) is -5.03. The fraction of sp³-hybridized carbons (Fsp3) is 0.600. The van der Waals surface area contributed by atoms with Gasteiger partial charge in [0.05, 0.1) is 13.7 Å². The van der Waals surface area contributed by atoms with Crippen molar-refractivity contribution in [1.82, 2.24) is 5.32 Å². The molecule has 0 amide bonds. The van der Waals surface area contributed by atoms with Gasteiger partial charge >= 0.3 is 6.18 Å². The van der Waals surface area contributed by atoms with Crippen LogP contribution in [0.5, 0.6) is 11.5 Å². The summed E-state index contributed by atoms with van der Waals surface area (Å²) in [4.78, 5) is 0. The van der Waals surface area contributed by atoms with Crippen molar-refractivity contribution in [3.05, 3.63) is 23.8 Å². The van der Waals surface area contributed by atoms with Crippen molar-refractivity contribution >= 4 is 0 Å². The maximum atomic E-state index is 12.1. The number of benzene rings is 1. The molecule has 0 unspecified atom stereocenters. The third-order valence-corrected chi connectivity index (χ3v) is 2.84. The van der Waals surface area contributed by atoms with Gasteiger partial charge in [-0.1, -0.05) is 19.9 Å². The number of hydrogen-bond acceptors (Lipinski definition) is 3. The predicted octanol–water partition coefficient (Wildman–Crippen LogP) is 3.91. The van der Waals surface area contributed by atoms with Gasteiger partial charge in [0.15, 0.2) is 0 Å². The maximum absolute atomic E-state index is 12.1. The van der Waals surface area contributed by atoms with Crippen LogP contribution >= 0.6 is 0 Å². The number of halogens is 3. The molecule has 1 rings (SSSR count). The Balaban J connectivity index is 2.63. The lowest BCUT2D eigenvalue weighted by Gasteiger charge is -2.15. The van der Waals surface area contributed by atoms with Gasteiger partial charge in [0.25, 0.3) is 0 Å². The van der Waals surface area contributed by atoms with Gasteiger partial charge in [0.2, 0.25) is 0 Å². The second-order valence-corrected chi connectivity index (χ2v) is 5.08. The van der Waals surface area contributed by atoms with E-state index in [-0.39, 0.29) is 13.0 Å². The van der Waals surface area contributed by atoms with Gasteiger partial charge in [-0.3, -0.25) is 0 Å². The molecule has 6 heteroatoms. The van der Waals surface area contributed by atoms with Gasteiger partial charge in [0, 0.05) is 30.6 Å². The van der Waals surface area contributed by atoms with Crippen LogP contribution in [0.25, 0.3) is 0 Å². The topological polar surface area (TPSA) is 30.5 Å². The smallest absolute Gasteiger partial charge is 0.389 e. The molecule has 0 aliphatic rings. The predicted molar refractivity (Wildman–Crippen MR) is 75.8 cm³/mol. The Morgan fingerprint density at radius 1 is 1.24 bits per heavy atom. The highest BCUT2D eigenvalue weighted by Crippen LogP contribution is 2.26. The molecule has 0 saturated heterocycles. The molecule has 0 aliphatic carbocycles. The van der Waals surface area contributed by atoms with Gasteiger partial charge in [-0.2, -0.15) is 13.2 Å². The minimum absolute atomic E-state index is 0.0291. The van der Waals surface area contributed by atoms with E-state index < -0.39 is 12.6 Å². The van der Waals surface area contributed by atoms with Crippen molar-refractivity contribution in [2.24, 2.45) is 0 Å². The average Bonchev–Trinajstić information content (AvgIpc) is 2.40. The molecule has 1 N–H and O–H groups in total. The van der Waals surface area contributed by atoms with E-state index in [1.807, 2.05) is 19.9 Å². The van der Waals surface area contributed by atoms with Crippen LogP contribution in [0.3, 0.4) is 0 Å². The molecule has 0 fully saturated rings.